The van der Waals surface area contributed by atoms with Gasteiger partial charge < -0.3 is 15.4 Å². The second-order valence-corrected chi connectivity index (χ2v) is 8.10. The minimum atomic E-state index is -0.429. The van der Waals surface area contributed by atoms with Crippen LogP contribution in [0.25, 0.3) is 0 Å². The number of rotatable bonds is 4. The van der Waals surface area contributed by atoms with E-state index in [0.29, 0.717) is 6.04 Å². The van der Waals surface area contributed by atoms with Gasteiger partial charge in [-0.05, 0) is 71.6 Å². The van der Waals surface area contributed by atoms with Crippen molar-refractivity contribution in [2.45, 2.75) is 89.8 Å². The fourth-order valence-electron chi connectivity index (χ4n) is 3.27. The Kier molecular flexibility index (Phi) is 5.18. The van der Waals surface area contributed by atoms with Crippen molar-refractivity contribution < 1.29 is 9.53 Å². The first-order chi connectivity index (χ1) is 9.78. The predicted octanol–water partition coefficient (Wildman–Crippen LogP) is 3.60. The molecule has 1 amide bonds. The quantitative estimate of drug-likeness (QED) is 0.833. The molecule has 0 aromatic heterocycles. The van der Waals surface area contributed by atoms with Gasteiger partial charge in [-0.15, -0.1) is 0 Å². The van der Waals surface area contributed by atoms with Crippen molar-refractivity contribution in [3.8, 4) is 0 Å². The number of carbonyl (C=O) groups is 1. The zero-order chi connectivity index (χ0) is 15.5. The van der Waals surface area contributed by atoms with Crippen LogP contribution in [-0.2, 0) is 4.74 Å². The van der Waals surface area contributed by atoms with Crippen molar-refractivity contribution in [3.05, 3.63) is 0 Å². The Morgan fingerprint density at radius 2 is 1.81 bits per heavy atom. The van der Waals surface area contributed by atoms with Crippen molar-refractivity contribution in [3.63, 3.8) is 0 Å². The summed E-state index contributed by atoms with van der Waals surface area (Å²) in [6.45, 7) is 8.93. The van der Waals surface area contributed by atoms with Crippen LogP contribution in [-0.4, -0.2) is 29.8 Å². The molecule has 0 bridgehead atoms. The van der Waals surface area contributed by atoms with Gasteiger partial charge in [-0.25, -0.2) is 4.79 Å². The zero-order valence-electron chi connectivity index (χ0n) is 14.1. The third-order valence-corrected chi connectivity index (χ3v) is 4.82. The molecule has 0 saturated heterocycles. The van der Waals surface area contributed by atoms with Crippen molar-refractivity contribution in [1.82, 2.24) is 10.6 Å². The molecule has 122 valence electrons. The van der Waals surface area contributed by atoms with Crippen LogP contribution in [0.3, 0.4) is 0 Å². The molecule has 4 heteroatoms. The highest BCUT2D eigenvalue weighted by Gasteiger charge is 2.39. The van der Waals surface area contributed by atoms with Crippen LogP contribution in [0.4, 0.5) is 4.79 Å². The van der Waals surface area contributed by atoms with Gasteiger partial charge >= 0.3 is 6.09 Å². The number of amides is 1. The topological polar surface area (TPSA) is 50.4 Å². The van der Waals surface area contributed by atoms with E-state index < -0.39 is 5.60 Å². The fourth-order valence-corrected chi connectivity index (χ4v) is 3.27. The Hall–Kier alpha value is -0.770. The molecule has 0 radical (unpaired) electrons. The van der Waals surface area contributed by atoms with Crippen LogP contribution >= 0.6 is 0 Å². The van der Waals surface area contributed by atoms with E-state index >= 15 is 0 Å². The molecule has 0 unspecified atom stereocenters. The van der Waals surface area contributed by atoms with Crippen LogP contribution in [0.5, 0.6) is 0 Å². The first-order valence-electron chi connectivity index (χ1n) is 8.53. The third kappa shape index (κ3) is 5.17. The largest absolute Gasteiger partial charge is 0.444 e. The summed E-state index contributed by atoms with van der Waals surface area (Å²) in [5.74, 6) is 0.876. The van der Waals surface area contributed by atoms with E-state index in [1.807, 2.05) is 20.8 Å². The number of nitrogens with one attached hydrogen (secondary N) is 2. The summed E-state index contributed by atoms with van der Waals surface area (Å²) in [7, 11) is 0. The van der Waals surface area contributed by atoms with Crippen LogP contribution in [0.2, 0.25) is 0 Å². The van der Waals surface area contributed by atoms with Gasteiger partial charge in [0.05, 0.1) is 5.54 Å². The van der Waals surface area contributed by atoms with Gasteiger partial charge in [0.2, 0.25) is 0 Å². The molecule has 0 aromatic carbocycles. The van der Waals surface area contributed by atoms with Gasteiger partial charge in [0.15, 0.2) is 0 Å². The van der Waals surface area contributed by atoms with E-state index in [-0.39, 0.29) is 11.6 Å². The summed E-state index contributed by atoms with van der Waals surface area (Å²) >= 11 is 0. The molecule has 0 aromatic rings. The van der Waals surface area contributed by atoms with Gasteiger partial charge in [-0.1, -0.05) is 6.92 Å². The molecule has 2 saturated carbocycles. The molecule has 2 rings (SSSR count). The molecule has 2 aliphatic carbocycles. The average molecular weight is 296 g/mol. The average Bonchev–Trinajstić information content (AvgIpc) is 2.32. The van der Waals surface area contributed by atoms with Crippen LogP contribution in [0.15, 0.2) is 0 Å². The normalized spacial score (nSPS) is 28.6. The van der Waals surface area contributed by atoms with E-state index in [4.69, 9.17) is 4.74 Å². The highest BCUT2D eigenvalue weighted by molar-refractivity contribution is 5.69. The fraction of sp³-hybridized carbons (Fsp3) is 0.941. The maximum atomic E-state index is 12.0. The number of carbonyl (C=O) groups excluding carboxylic acids is 1. The van der Waals surface area contributed by atoms with Crippen molar-refractivity contribution in [2.75, 3.05) is 6.54 Å². The third-order valence-electron chi connectivity index (χ3n) is 4.82. The van der Waals surface area contributed by atoms with E-state index in [2.05, 4.69) is 17.6 Å². The summed E-state index contributed by atoms with van der Waals surface area (Å²) in [6.07, 6.45) is 8.22. The van der Waals surface area contributed by atoms with Crippen molar-refractivity contribution >= 4 is 6.09 Å². The number of hydrogen-bond donors (Lipinski definition) is 2. The Labute approximate surface area is 129 Å². The molecule has 0 atom stereocenters. The predicted molar refractivity (Wildman–Crippen MR) is 85.4 cm³/mol. The summed E-state index contributed by atoms with van der Waals surface area (Å²) in [6, 6.07) is 0.624. The second-order valence-electron chi connectivity index (χ2n) is 8.10. The number of alkyl carbamates (subject to hydrolysis) is 1. The Balaban J connectivity index is 1.77. The first-order valence-corrected chi connectivity index (χ1v) is 8.53. The lowest BCUT2D eigenvalue weighted by Crippen LogP contribution is -2.61. The van der Waals surface area contributed by atoms with Crippen molar-refractivity contribution in [2.24, 2.45) is 5.92 Å². The molecule has 0 spiro atoms. The minimum Gasteiger partial charge on any atom is -0.444 e. The molecular weight excluding hydrogens is 264 g/mol. The highest BCUT2D eigenvalue weighted by atomic mass is 16.6. The zero-order valence-corrected chi connectivity index (χ0v) is 14.1. The Morgan fingerprint density at radius 1 is 1.19 bits per heavy atom. The van der Waals surface area contributed by atoms with E-state index in [0.717, 1.165) is 25.3 Å². The Bertz CT molecular complexity index is 350. The first kappa shape index (κ1) is 16.6. The van der Waals surface area contributed by atoms with Gasteiger partial charge in [-0.3, -0.25) is 0 Å². The molecule has 21 heavy (non-hydrogen) atoms. The summed E-state index contributed by atoms with van der Waals surface area (Å²) in [5, 5.41) is 6.79. The molecular formula is C17H32N2O2. The summed E-state index contributed by atoms with van der Waals surface area (Å²) in [4.78, 5) is 12.0. The monoisotopic (exact) mass is 296 g/mol. The molecule has 4 nitrogen and oxygen atoms in total. The number of ether oxygens (including phenoxy) is 1. The summed E-state index contributed by atoms with van der Waals surface area (Å²) in [5.41, 5.74) is -0.507. The van der Waals surface area contributed by atoms with Crippen molar-refractivity contribution in [1.29, 1.82) is 0 Å². The smallest absolute Gasteiger partial charge is 0.408 e. The summed E-state index contributed by atoms with van der Waals surface area (Å²) < 4.78 is 5.40. The number of hydrogen-bond acceptors (Lipinski definition) is 3. The Morgan fingerprint density at radius 3 is 2.29 bits per heavy atom. The SMILES string of the molecule is CC1CCC(NCC2(NC(=O)OC(C)(C)C)CCC2)CC1. The van der Waals surface area contributed by atoms with Gasteiger partial charge in [0.25, 0.3) is 0 Å². The second kappa shape index (κ2) is 6.55. The lowest BCUT2D eigenvalue weighted by Gasteiger charge is -2.44. The molecule has 2 aliphatic rings. The molecule has 2 fully saturated rings. The minimum absolute atomic E-state index is 0.0780. The maximum Gasteiger partial charge on any atom is 0.408 e. The van der Waals surface area contributed by atoms with E-state index in [9.17, 15) is 4.79 Å². The lowest BCUT2D eigenvalue weighted by atomic mass is 9.76. The molecule has 0 heterocycles. The van der Waals surface area contributed by atoms with E-state index in [1.165, 1.54) is 32.1 Å². The molecule has 0 aliphatic heterocycles. The van der Waals surface area contributed by atoms with Crippen LogP contribution < -0.4 is 10.6 Å². The maximum absolute atomic E-state index is 12.0. The van der Waals surface area contributed by atoms with Gasteiger partial charge in [0, 0.05) is 12.6 Å². The van der Waals surface area contributed by atoms with Crippen LogP contribution in [0.1, 0.15) is 72.6 Å². The highest BCUT2D eigenvalue weighted by Crippen LogP contribution is 2.32. The van der Waals surface area contributed by atoms with Gasteiger partial charge in [0.1, 0.15) is 5.60 Å². The van der Waals surface area contributed by atoms with Crippen LogP contribution in [0, 0.1) is 5.92 Å². The van der Waals surface area contributed by atoms with E-state index in [1.54, 1.807) is 0 Å². The van der Waals surface area contributed by atoms with Gasteiger partial charge in [-0.2, -0.15) is 0 Å². The standard InChI is InChI=1S/C17H32N2O2/c1-13-6-8-14(9-7-13)18-12-17(10-5-11-17)19-15(20)21-16(2,3)4/h13-14,18H,5-12H2,1-4H3,(H,19,20). The molecule has 2 N–H and O–H groups in total. The lowest BCUT2D eigenvalue weighted by molar-refractivity contribution is 0.0376.